The zero-order chi connectivity index (χ0) is 12.4. The Morgan fingerprint density at radius 3 is 0.812 bits per heavy atom. The first-order chi connectivity index (χ1) is 7.24. The summed E-state index contributed by atoms with van der Waals surface area (Å²) in [6.07, 6.45) is 9.76. The Morgan fingerprint density at radius 2 is 0.812 bits per heavy atom. The van der Waals surface area contributed by atoms with E-state index in [-0.39, 0.29) is 20.1 Å². The Morgan fingerprint density at radius 1 is 0.625 bits per heavy atom. The quantitative estimate of drug-likeness (QED) is 0.463. The first-order valence-electron chi connectivity index (χ1n) is 5.28. The predicted molar refractivity (Wildman–Crippen MR) is 84.3 cm³/mol. The SMILES string of the molecule is CC[CH-]SC.CC[CH-]SC.CC[CH-]SC.[Ir+3]. The van der Waals surface area contributed by atoms with Crippen molar-refractivity contribution in [2.45, 2.75) is 40.0 Å². The smallest absolute Gasteiger partial charge is 0.354 e. The Labute approximate surface area is 131 Å². The Bertz CT molecular complexity index is 53.0. The van der Waals surface area contributed by atoms with Crippen molar-refractivity contribution in [3.8, 4) is 0 Å². The molecule has 0 aliphatic carbocycles. The first-order valence-corrected chi connectivity index (χ1v) is 9.14. The number of hydrogen-bond donors (Lipinski definition) is 0. The second kappa shape index (κ2) is 36.0. The molecule has 16 heavy (non-hydrogen) atoms. The van der Waals surface area contributed by atoms with Crippen LogP contribution < -0.4 is 0 Å². The van der Waals surface area contributed by atoms with Crippen molar-refractivity contribution in [3.63, 3.8) is 0 Å². The van der Waals surface area contributed by atoms with Gasteiger partial charge in [0.2, 0.25) is 0 Å². The summed E-state index contributed by atoms with van der Waals surface area (Å²) in [5, 5.41) is 0. The largest absolute Gasteiger partial charge is 3.00 e. The molecule has 0 rings (SSSR count). The molecule has 0 aromatic heterocycles. The molecular formula is C12H27IrS3. The van der Waals surface area contributed by atoms with Gasteiger partial charge in [0.15, 0.2) is 0 Å². The summed E-state index contributed by atoms with van der Waals surface area (Å²) in [6, 6.07) is 0. The van der Waals surface area contributed by atoms with Crippen LogP contribution in [0.4, 0.5) is 0 Å². The Kier molecular flexibility index (Phi) is 59.1. The van der Waals surface area contributed by atoms with Crippen molar-refractivity contribution in [2.75, 3.05) is 18.8 Å². The van der Waals surface area contributed by atoms with Gasteiger partial charge in [0.05, 0.1) is 0 Å². The van der Waals surface area contributed by atoms with Crippen molar-refractivity contribution in [1.29, 1.82) is 0 Å². The van der Waals surface area contributed by atoms with Gasteiger partial charge in [0.25, 0.3) is 0 Å². The fraction of sp³-hybridized carbons (Fsp3) is 0.750. The summed E-state index contributed by atoms with van der Waals surface area (Å²) in [6.45, 7) is 6.41. The minimum absolute atomic E-state index is 0. The molecule has 0 aliphatic heterocycles. The molecule has 0 atom stereocenters. The topological polar surface area (TPSA) is 0 Å². The van der Waals surface area contributed by atoms with E-state index in [1.54, 1.807) is 35.3 Å². The van der Waals surface area contributed by atoms with Gasteiger partial charge in [-0.05, 0) is 18.8 Å². The van der Waals surface area contributed by atoms with E-state index in [0.29, 0.717) is 0 Å². The van der Waals surface area contributed by atoms with Gasteiger partial charge in [-0.1, -0.05) is 20.8 Å². The molecule has 0 amide bonds. The molecule has 0 saturated heterocycles. The maximum Gasteiger partial charge on any atom is 3.00 e. The van der Waals surface area contributed by atoms with Crippen molar-refractivity contribution < 1.29 is 20.1 Å². The number of rotatable bonds is 6. The van der Waals surface area contributed by atoms with Gasteiger partial charge >= 0.3 is 20.1 Å². The summed E-state index contributed by atoms with van der Waals surface area (Å²) >= 11 is 5.33. The monoisotopic (exact) mass is 460 g/mol. The van der Waals surface area contributed by atoms with Crippen LogP contribution in [0.1, 0.15) is 40.0 Å². The number of thioether (sulfide) groups is 3. The van der Waals surface area contributed by atoms with Crippen molar-refractivity contribution in [2.24, 2.45) is 0 Å². The first kappa shape index (κ1) is 26.3. The fourth-order valence-corrected chi connectivity index (χ4v) is 1.50. The van der Waals surface area contributed by atoms with E-state index in [4.69, 9.17) is 0 Å². The van der Waals surface area contributed by atoms with E-state index in [9.17, 15) is 0 Å². The fourth-order valence-electron chi connectivity index (χ4n) is 0.500. The molecule has 4 heteroatoms. The predicted octanol–water partition coefficient (Wildman–Crippen LogP) is 5.76. The van der Waals surface area contributed by atoms with Crippen LogP contribution in [0.5, 0.6) is 0 Å². The third-order valence-electron chi connectivity index (χ3n) is 1.00. The molecule has 0 saturated carbocycles. The normalized spacial score (nSPS) is 7.88. The summed E-state index contributed by atoms with van der Waals surface area (Å²) in [5.41, 5.74) is 0. The van der Waals surface area contributed by atoms with Crippen LogP contribution in [0.2, 0.25) is 0 Å². The van der Waals surface area contributed by atoms with Crippen LogP contribution >= 0.6 is 35.3 Å². The van der Waals surface area contributed by atoms with Crippen molar-refractivity contribution in [3.05, 3.63) is 17.3 Å². The van der Waals surface area contributed by atoms with E-state index < -0.39 is 0 Å². The van der Waals surface area contributed by atoms with Crippen molar-refractivity contribution >= 4 is 35.3 Å². The molecule has 0 aromatic rings. The zero-order valence-corrected chi connectivity index (χ0v) is 16.3. The van der Waals surface area contributed by atoms with E-state index >= 15 is 0 Å². The van der Waals surface area contributed by atoms with Gasteiger partial charge in [-0.2, -0.15) is 19.3 Å². The molecular weight excluding hydrogens is 433 g/mol. The minimum atomic E-state index is 0. The number of hydrogen-bond acceptors (Lipinski definition) is 3. The molecule has 0 nitrogen and oxygen atoms in total. The van der Waals surface area contributed by atoms with Gasteiger partial charge < -0.3 is 35.3 Å². The molecule has 0 aromatic carbocycles. The van der Waals surface area contributed by atoms with Gasteiger partial charge in [0.1, 0.15) is 0 Å². The van der Waals surface area contributed by atoms with Crippen LogP contribution in [-0.2, 0) is 20.1 Å². The van der Waals surface area contributed by atoms with Crippen LogP contribution in [0.25, 0.3) is 0 Å². The zero-order valence-electron chi connectivity index (χ0n) is 11.4. The summed E-state index contributed by atoms with van der Waals surface area (Å²) in [4.78, 5) is 0. The molecule has 0 aliphatic rings. The second-order valence-electron chi connectivity index (χ2n) is 2.43. The third-order valence-corrected chi connectivity index (χ3v) is 3.00. The minimum Gasteiger partial charge on any atom is -0.354 e. The van der Waals surface area contributed by atoms with Gasteiger partial charge in [-0.15, -0.1) is 0 Å². The van der Waals surface area contributed by atoms with Gasteiger partial charge in [-0.25, -0.2) is 0 Å². The molecule has 0 fully saturated rings. The summed E-state index contributed by atoms with van der Waals surface area (Å²) in [5.74, 6) is 6.50. The maximum atomic E-state index is 2.17. The standard InChI is InChI=1S/3C4H9S.Ir/c3*1-3-4-5-2;/h3*4H,3H2,1-2H3;/q3*-1;+3. The Balaban J connectivity index is -0.0000000655. The van der Waals surface area contributed by atoms with Gasteiger partial charge in [-0.3, -0.25) is 17.3 Å². The van der Waals surface area contributed by atoms with E-state index in [1.165, 1.54) is 19.3 Å². The summed E-state index contributed by atoms with van der Waals surface area (Å²) in [7, 11) is 0. The van der Waals surface area contributed by atoms with E-state index in [0.717, 1.165) is 0 Å². The van der Waals surface area contributed by atoms with Crippen LogP contribution in [-0.4, -0.2) is 18.8 Å². The Hall–Kier alpha value is 1.70. The molecule has 0 spiro atoms. The molecule has 0 bridgehead atoms. The molecule has 0 heterocycles. The molecule has 0 N–H and O–H groups in total. The van der Waals surface area contributed by atoms with Crippen LogP contribution in [0, 0.1) is 17.3 Å². The third kappa shape index (κ3) is 57.2. The average Bonchev–Trinajstić information content (AvgIpc) is 2.23. The van der Waals surface area contributed by atoms with Crippen LogP contribution in [0.3, 0.4) is 0 Å². The average molecular weight is 460 g/mol. The van der Waals surface area contributed by atoms with E-state index in [1.807, 2.05) is 0 Å². The van der Waals surface area contributed by atoms with Crippen molar-refractivity contribution in [1.82, 2.24) is 0 Å². The van der Waals surface area contributed by atoms with Crippen LogP contribution in [0.15, 0.2) is 0 Å². The molecule has 102 valence electrons. The second-order valence-corrected chi connectivity index (χ2v) is 4.85. The summed E-state index contributed by atoms with van der Waals surface area (Å²) < 4.78 is 0. The molecule has 0 unspecified atom stereocenters. The molecule has 0 radical (unpaired) electrons. The van der Waals surface area contributed by atoms with Gasteiger partial charge in [0, 0.05) is 0 Å². The van der Waals surface area contributed by atoms with E-state index in [2.05, 4.69) is 56.8 Å². The maximum absolute atomic E-state index is 2.17.